The molecule has 1 amide bonds. The molecule has 1 unspecified atom stereocenters. The summed E-state index contributed by atoms with van der Waals surface area (Å²) in [5.74, 6) is 0.215. The van der Waals surface area contributed by atoms with E-state index in [-0.39, 0.29) is 5.91 Å². The van der Waals surface area contributed by atoms with Crippen LogP contribution in [-0.2, 0) is 11.3 Å². The molecule has 0 bridgehead atoms. The van der Waals surface area contributed by atoms with Crippen molar-refractivity contribution >= 4 is 5.91 Å². The number of amides is 1. The monoisotopic (exact) mass is 232 g/mol. The van der Waals surface area contributed by atoms with Crippen molar-refractivity contribution in [1.29, 1.82) is 0 Å². The topological polar surface area (TPSA) is 55.1 Å². The average Bonchev–Trinajstić information content (AvgIpc) is 3.16. The first-order valence-corrected chi connectivity index (χ1v) is 6.28. The number of nitrogens with one attached hydrogen (secondary N) is 1. The van der Waals surface area contributed by atoms with Crippen molar-refractivity contribution in [3.63, 3.8) is 0 Å². The van der Waals surface area contributed by atoms with Crippen LogP contribution in [0.15, 0.2) is 30.3 Å². The number of primary amides is 1. The van der Waals surface area contributed by atoms with Crippen LogP contribution in [0, 0.1) is 5.92 Å². The van der Waals surface area contributed by atoms with Gasteiger partial charge < -0.3 is 5.73 Å². The zero-order chi connectivity index (χ0) is 12.3. The minimum atomic E-state index is -0.504. The number of carbonyl (C=O) groups excluding carboxylic acids is 1. The molecule has 1 atom stereocenters. The Balaban J connectivity index is 2.06. The van der Waals surface area contributed by atoms with Gasteiger partial charge in [-0.3, -0.25) is 10.1 Å². The number of carbonyl (C=O) groups is 1. The van der Waals surface area contributed by atoms with E-state index in [0.29, 0.717) is 12.5 Å². The van der Waals surface area contributed by atoms with Crippen molar-refractivity contribution in [3.05, 3.63) is 35.9 Å². The molecule has 92 valence electrons. The third kappa shape index (κ3) is 2.50. The molecule has 0 aliphatic heterocycles. The maximum Gasteiger partial charge on any atom is 0.238 e. The van der Waals surface area contributed by atoms with Crippen LogP contribution in [0.2, 0.25) is 0 Å². The molecule has 2 rings (SSSR count). The van der Waals surface area contributed by atoms with Crippen molar-refractivity contribution < 1.29 is 4.79 Å². The molecule has 0 saturated heterocycles. The minimum Gasteiger partial charge on any atom is -0.368 e. The van der Waals surface area contributed by atoms with Gasteiger partial charge in [-0.05, 0) is 30.7 Å². The summed E-state index contributed by atoms with van der Waals surface area (Å²) < 4.78 is 0. The van der Waals surface area contributed by atoms with Crippen LogP contribution in [0.3, 0.4) is 0 Å². The highest BCUT2D eigenvalue weighted by Crippen LogP contribution is 2.41. The van der Waals surface area contributed by atoms with Crippen LogP contribution in [0.4, 0.5) is 0 Å². The van der Waals surface area contributed by atoms with Crippen LogP contribution < -0.4 is 11.1 Å². The van der Waals surface area contributed by atoms with Gasteiger partial charge in [-0.2, -0.15) is 0 Å². The molecular weight excluding hydrogens is 212 g/mol. The van der Waals surface area contributed by atoms with Crippen LogP contribution >= 0.6 is 0 Å². The summed E-state index contributed by atoms with van der Waals surface area (Å²) in [5, 5.41) is 3.39. The van der Waals surface area contributed by atoms with E-state index in [0.717, 1.165) is 19.3 Å². The fourth-order valence-electron chi connectivity index (χ4n) is 2.45. The number of hydrogen-bond acceptors (Lipinski definition) is 2. The van der Waals surface area contributed by atoms with Crippen molar-refractivity contribution in [3.8, 4) is 0 Å². The lowest BCUT2D eigenvalue weighted by Crippen LogP contribution is -2.56. The van der Waals surface area contributed by atoms with Gasteiger partial charge in [0.1, 0.15) is 5.54 Å². The molecule has 1 fully saturated rings. The molecule has 3 heteroatoms. The molecule has 1 aliphatic carbocycles. The van der Waals surface area contributed by atoms with Crippen molar-refractivity contribution in [2.45, 2.75) is 38.3 Å². The Hall–Kier alpha value is -1.35. The van der Waals surface area contributed by atoms with Gasteiger partial charge in [0.25, 0.3) is 0 Å². The van der Waals surface area contributed by atoms with Crippen LogP contribution in [0.1, 0.15) is 31.7 Å². The number of nitrogens with two attached hydrogens (primary N) is 1. The Labute approximate surface area is 102 Å². The van der Waals surface area contributed by atoms with Gasteiger partial charge in [-0.25, -0.2) is 0 Å². The van der Waals surface area contributed by atoms with Gasteiger partial charge in [0.05, 0.1) is 0 Å². The Morgan fingerprint density at radius 1 is 1.41 bits per heavy atom. The van der Waals surface area contributed by atoms with Gasteiger partial charge in [-0.15, -0.1) is 0 Å². The third-order valence-corrected chi connectivity index (χ3v) is 3.72. The van der Waals surface area contributed by atoms with E-state index in [2.05, 4.69) is 17.4 Å². The summed E-state index contributed by atoms with van der Waals surface area (Å²) in [5.41, 5.74) is 6.27. The summed E-state index contributed by atoms with van der Waals surface area (Å²) in [6, 6.07) is 10.1. The number of benzene rings is 1. The summed E-state index contributed by atoms with van der Waals surface area (Å²) in [4.78, 5) is 11.7. The van der Waals surface area contributed by atoms with Gasteiger partial charge in [0, 0.05) is 6.54 Å². The van der Waals surface area contributed by atoms with Crippen LogP contribution in [-0.4, -0.2) is 11.4 Å². The highest BCUT2D eigenvalue weighted by Gasteiger charge is 2.47. The lowest BCUT2D eigenvalue weighted by molar-refractivity contribution is -0.125. The zero-order valence-electron chi connectivity index (χ0n) is 10.3. The van der Waals surface area contributed by atoms with Crippen molar-refractivity contribution in [2.75, 3.05) is 0 Å². The van der Waals surface area contributed by atoms with E-state index >= 15 is 0 Å². The molecule has 0 radical (unpaired) electrons. The van der Waals surface area contributed by atoms with E-state index in [9.17, 15) is 4.79 Å². The van der Waals surface area contributed by atoms with E-state index in [4.69, 9.17) is 5.73 Å². The lowest BCUT2D eigenvalue weighted by Gasteiger charge is -2.31. The van der Waals surface area contributed by atoms with Gasteiger partial charge >= 0.3 is 0 Å². The molecule has 1 aliphatic rings. The zero-order valence-corrected chi connectivity index (χ0v) is 10.3. The third-order valence-electron chi connectivity index (χ3n) is 3.72. The van der Waals surface area contributed by atoms with E-state index < -0.39 is 5.54 Å². The molecule has 1 saturated carbocycles. The van der Waals surface area contributed by atoms with Crippen molar-refractivity contribution in [1.82, 2.24) is 5.32 Å². The first-order chi connectivity index (χ1) is 8.19. The van der Waals surface area contributed by atoms with E-state index in [1.54, 1.807) is 0 Å². The number of rotatable bonds is 6. The normalized spacial score (nSPS) is 18.6. The number of hydrogen-bond donors (Lipinski definition) is 2. The SMILES string of the molecule is CCC(NCc1ccccc1)(C(N)=O)C1CC1. The highest BCUT2D eigenvalue weighted by atomic mass is 16.1. The quantitative estimate of drug-likeness (QED) is 0.786. The van der Waals surface area contributed by atoms with Crippen LogP contribution in [0.5, 0.6) is 0 Å². The second-order valence-electron chi connectivity index (χ2n) is 4.80. The first-order valence-electron chi connectivity index (χ1n) is 6.28. The fourth-order valence-corrected chi connectivity index (χ4v) is 2.45. The molecule has 1 aromatic rings. The molecule has 0 heterocycles. The molecule has 17 heavy (non-hydrogen) atoms. The summed E-state index contributed by atoms with van der Waals surface area (Å²) in [6.45, 7) is 2.73. The lowest BCUT2D eigenvalue weighted by atomic mass is 9.89. The fraction of sp³-hybridized carbons (Fsp3) is 0.500. The summed E-state index contributed by atoms with van der Waals surface area (Å²) in [6.07, 6.45) is 2.98. The minimum absolute atomic E-state index is 0.210. The highest BCUT2D eigenvalue weighted by molar-refractivity contribution is 5.85. The van der Waals surface area contributed by atoms with Crippen LogP contribution in [0.25, 0.3) is 0 Å². The van der Waals surface area contributed by atoms with Crippen molar-refractivity contribution in [2.24, 2.45) is 11.7 Å². The predicted molar refractivity (Wildman–Crippen MR) is 68.2 cm³/mol. The average molecular weight is 232 g/mol. The second kappa shape index (κ2) is 4.88. The van der Waals surface area contributed by atoms with Gasteiger partial charge in [-0.1, -0.05) is 37.3 Å². The smallest absolute Gasteiger partial charge is 0.238 e. The maximum absolute atomic E-state index is 11.7. The Morgan fingerprint density at radius 2 is 2.06 bits per heavy atom. The Morgan fingerprint density at radius 3 is 2.53 bits per heavy atom. The summed E-state index contributed by atoms with van der Waals surface area (Å²) >= 11 is 0. The maximum atomic E-state index is 11.7. The van der Waals surface area contributed by atoms with E-state index in [1.165, 1.54) is 5.56 Å². The standard InChI is InChI=1S/C14H20N2O/c1-2-14(13(15)17,12-8-9-12)16-10-11-6-4-3-5-7-11/h3-7,12,16H,2,8-10H2,1H3,(H2,15,17). The molecular formula is C14H20N2O. The molecule has 1 aromatic carbocycles. The predicted octanol–water partition coefficient (Wildman–Crippen LogP) is 1.82. The van der Waals surface area contributed by atoms with Gasteiger partial charge in [0.15, 0.2) is 0 Å². The largest absolute Gasteiger partial charge is 0.368 e. The molecule has 0 spiro atoms. The molecule has 0 aromatic heterocycles. The summed E-state index contributed by atoms with van der Waals surface area (Å²) in [7, 11) is 0. The Kier molecular flexibility index (Phi) is 3.48. The first kappa shape index (κ1) is 12.1. The molecule has 3 nitrogen and oxygen atoms in total. The van der Waals surface area contributed by atoms with E-state index in [1.807, 2.05) is 25.1 Å². The Bertz CT molecular complexity index is 386. The second-order valence-corrected chi connectivity index (χ2v) is 4.80. The van der Waals surface area contributed by atoms with Gasteiger partial charge in [0.2, 0.25) is 5.91 Å². The molecule has 3 N–H and O–H groups in total.